The van der Waals surface area contributed by atoms with Gasteiger partial charge in [-0.2, -0.15) is 5.10 Å². The summed E-state index contributed by atoms with van der Waals surface area (Å²) in [7, 11) is 0. The number of halogens is 1. The zero-order valence-corrected chi connectivity index (χ0v) is 18.0. The summed E-state index contributed by atoms with van der Waals surface area (Å²) in [5.41, 5.74) is 1.81. The highest BCUT2D eigenvalue weighted by molar-refractivity contribution is 9.10. The Morgan fingerprint density at radius 3 is 2.41 bits per heavy atom. The predicted octanol–water partition coefficient (Wildman–Crippen LogP) is 5.94. The predicted molar refractivity (Wildman–Crippen MR) is 114 cm³/mol. The highest BCUT2D eigenvalue weighted by Gasteiger charge is 2.57. The van der Waals surface area contributed by atoms with Gasteiger partial charge in [0.2, 0.25) is 5.91 Å². The van der Waals surface area contributed by atoms with Crippen LogP contribution in [0.5, 0.6) is 0 Å². The molecule has 2 heterocycles. The number of rotatable bonds is 3. The average Bonchev–Trinajstić information content (AvgIpc) is 3.36. The maximum atomic E-state index is 14.1. The van der Waals surface area contributed by atoms with Crippen LogP contribution in [0, 0.1) is 23.2 Å². The molecule has 0 spiro atoms. The maximum Gasteiger partial charge on any atom is 0.249 e. The van der Waals surface area contributed by atoms with Crippen molar-refractivity contribution >= 4 is 27.5 Å². The number of nitrogens with zero attached hydrogens (tertiary/aromatic N) is 2. The van der Waals surface area contributed by atoms with Crippen LogP contribution in [0.4, 0.5) is 0 Å². The van der Waals surface area contributed by atoms with Gasteiger partial charge in [0.25, 0.3) is 0 Å². The van der Waals surface area contributed by atoms with Gasteiger partial charge in [-0.05, 0) is 86.1 Å². The minimum atomic E-state index is -0.193. The SMILES string of the molecule is O=C(N1N=C(c2ccco2)CC1c1cccc(Br)c1)C12CC3CC(CC(C3)C1)C2. The Hall–Kier alpha value is -1.88. The van der Waals surface area contributed by atoms with E-state index < -0.39 is 0 Å². The molecule has 1 aromatic carbocycles. The van der Waals surface area contributed by atoms with Crippen molar-refractivity contribution in [3.8, 4) is 0 Å². The third-order valence-electron chi connectivity index (χ3n) is 7.65. The van der Waals surface area contributed by atoms with Gasteiger partial charge in [0.15, 0.2) is 0 Å². The standard InChI is InChI=1S/C24H25BrN2O2/c25-19-4-1-3-18(10-19)21-11-20(22-5-2-6-29-22)26-27(21)23(28)24-12-15-7-16(13-24)9-17(8-15)14-24/h1-6,10,15-17,21H,7-9,11-14H2. The summed E-state index contributed by atoms with van der Waals surface area (Å²) in [4.78, 5) is 14.1. The summed E-state index contributed by atoms with van der Waals surface area (Å²) in [6.07, 6.45) is 9.56. The highest BCUT2D eigenvalue weighted by Crippen LogP contribution is 2.61. The normalized spacial score (nSPS) is 35.2. The van der Waals surface area contributed by atoms with Crippen molar-refractivity contribution < 1.29 is 9.21 Å². The molecular weight excluding hydrogens is 428 g/mol. The van der Waals surface area contributed by atoms with Crippen LogP contribution in [0.25, 0.3) is 0 Å². The second-order valence-electron chi connectivity index (χ2n) is 9.65. The first-order valence-electron chi connectivity index (χ1n) is 10.8. The monoisotopic (exact) mass is 452 g/mol. The van der Waals surface area contributed by atoms with Crippen LogP contribution in [0.2, 0.25) is 0 Å². The molecule has 29 heavy (non-hydrogen) atoms. The van der Waals surface area contributed by atoms with Crippen molar-refractivity contribution in [2.24, 2.45) is 28.3 Å². The third-order valence-corrected chi connectivity index (χ3v) is 8.14. The summed E-state index contributed by atoms with van der Waals surface area (Å²) in [6, 6.07) is 12.1. The van der Waals surface area contributed by atoms with E-state index in [9.17, 15) is 4.79 Å². The highest BCUT2D eigenvalue weighted by atomic mass is 79.9. The van der Waals surface area contributed by atoms with E-state index in [2.05, 4.69) is 28.1 Å². The summed E-state index contributed by atoms with van der Waals surface area (Å²) in [5, 5.41) is 6.69. The minimum Gasteiger partial charge on any atom is -0.463 e. The number of hydrazone groups is 1. The Labute approximate surface area is 179 Å². The number of hydrogen-bond donors (Lipinski definition) is 0. The zero-order chi connectivity index (χ0) is 19.6. The van der Waals surface area contributed by atoms with Crippen LogP contribution in [0.1, 0.15) is 62.3 Å². The first-order chi connectivity index (χ1) is 14.1. The Balaban J connectivity index is 1.38. The lowest BCUT2D eigenvalue weighted by atomic mass is 9.49. The molecule has 4 bridgehead atoms. The van der Waals surface area contributed by atoms with Crippen molar-refractivity contribution in [3.63, 3.8) is 0 Å². The molecule has 0 saturated heterocycles. The first-order valence-corrected chi connectivity index (χ1v) is 11.6. The fourth-order valence-electron chi connectivity index (χ4n) is 6.88. The van der Waals surface area contributed by atoms with Crippen molar-refractivity contribution in [2.75, 3.05) is 0 Å². The maximum absolute atomic E-state index is 14.1. The molecule has 150 valence electrons. The first kappa shape index (κ1) is 17.9. The number of amides is 1. The number of furan rings is 1. The van der Waals surface area contributed by atoms with Gasteiger partial charge in [-0.25, -0.2) is 5.01 Å². The quantitative estimate of drug-likeness (QED) is 0.578. The molecule has 2 aromatic rings. The van der Waals surface area contributed by atoms with Gasteiger partial charge in [-0.1, -0.05) is 28.1 Å². The lowest BCUT2D eigenvalue weighted by molar-refractivity contribution is -0.159. The van der Waals surface area contributed by atoms with E-state index in [1.807, 2.05) is 29.3 Å². The van der Waals surface area contributed by atoms with E-state index in [-0.39, 0.29) is 17.4 Å². The van der Waals surface area contributed by atoms with Gasteiger partial charge >= 0.3 is 0 Å². The van der Waals surface area contributed by atoms with E-state index in [0.717, 1.165) is 58.5 Å². The fraction of sp³-hybridized carbons (Fsp3) is 0.500. The largest absolute Gasteiger partial charge is 0.463 e. The van der Waals surface area contributed by atoms with Gasteiger partial charge in [-0.3, -0.25) is 4.79 Å². The Bertz CT molecular complexity index is 945. The molecule has 5 heteroatoms. The lowest BCUT2D eigenvalue weighted by Gasteiger charge is -2.56. The topological polar surface area (TPSA) is 45.8 Å². The molecule has 1 amide bonds. The van der Waals surface area contributed by atoms with Crippen LogP contribution in [0.15, 0.2) is 56.7 Å². The van der Waals surface area contributed by atoms with Crippen LogP contribution >= 0.6 is 15.9 Å². The molecule has 0 radical (unpaired) electrons. The number of benzene rings is 1. The van der Waals surface area contributed by atoms with Gasteiger partial charge in [-0.15, -0.1) is 0 Å². The van der Waals surface area contributed by atoms with E-state index in [4.69, 9.17) is 9.52 Å². The van der Waals surface area contributed by atoms with Gasteiger partial charge in [0, 0.05) is 10.9 Å². The second-order valence-corrected chi connectivity index (χ2v) is 10.6. The molecule has 4 saturated carbocycles. The summed E-state index contributed by atoms with van der Waals surface area (Å²) < 4.78 is 6.66. The molecule has 1 unspecified atom stereocenters. The molecule has 0 N–H and O–H groups in total. The molecule has 5 aliphatic rings. The van der Waals surface area contributed by atoms with Gasteiger partial charge in [0.05, 0.1) is 17.7 Å². The van der Waals surface area contributed by atoms with E-state index in [1.165, 1.54) is 19.3 Å². The van der Waals surface area contributed by atoms with Crippen molar-refractivity contribution in [2.45, 2.75) is 51.0 Å². The molecule has 4 aliphatic carbocycles. The Morgan fingerprint density at radius 1 is 1.07 bits per heavy atom. The van der Waals surface area contributed by atoms with Crippen LogP contribution in [-0.2, 0) is 4.79 Å². The van der Waals surface area contributed by atoms with Crippen LogP contribution in [0.3, 0.4) is 0 Å². The Morgan fingerprint density at radius 2 is 1.79 bits per heavy atom. The summed E-state index contributed by atoms with van der Waals surface area (Å²) in [6.45, 7) is 0. The van der Waals surface area contributed by atoms with Crippen LogP contribution < -0.4 is 0 Å². The molecule has 4 fully saturated rings. The summed E-state index contributed by atoms with van der Waals surface area (Å²) in [5.74, 6) is 3.25. The van der Waals surface area contributed by atoms with Crippen molar-refractivity contribution in [1.82, 2.24) is 5.01 Å². The van der Waals surface area contributed by atoms with E-state index in [1.54, 1.807) is 6.26 Å². The third kappa shape index (κ3) is 2.92. The molecule has 4 nitrogen and oxygen atoms in total. The number of carbonyl (C=O) groups is 1. The number of carbonyl (C=O) groups excluding carboxylic acids is 1. The van der Waals surface area contributed by atoms with Crippen LogP contribution in [-0.4, -0.2) is 16.6 Å². The minimum absolute atomic E-state index is 0.0619. The van der Waals surface area contributed by atoms with Crippen molar-refractivity contribution in [1.29, 1.82) is 0 Å². The molecule has 7 rings (SSSR count). The molecular formula is C24H25BrN2O2. The molecule has 1 atom stereocenters. The second kappa shape index (κ2) is 6.56. The average molecular weight is 453 g/mol. The molecule has 1 aromatic heterocycles. The van der Waals surface area contributed by atoms with E-state index in [0.29, 0.717) is 6.42 Å². The van der Waals surface area contributed by atoms with Gasteiger partial charge < -0.3 is 4.42 Å². The Kier molecular flexibility index (Phi) is 4.06. The molecule has 1 aliphatic heterocycles. The number of hydrogen-bond acceptors (Lipinski definition) is 3. The van der Waals surface area contributed by atoms with E-state index >= 15 is 0 Å². The van der Waals surface area contributed by atoms with Gasteiger partial charge in [0.1, 0.15) is 11.5 Å². The lowest BCUT2D eigenvalue weighted by Crippen LogP contribution is -2.53. The summed E-state index contributed by atoms with van der Waals surface area (Å²) >= 11 is 3.59. The fourth-order valence-corrected chi connectivity index (χ4v) is 7.30. The zero-order valence-electron chi connectivity index (χ0n) is 16.4. The van der Waals surface area contributed by atoms with Crippen molar-refractivity contribution in [3.05, 3.63) is 58.5 Å². The smallest absolute Gasteiger partial charge is 0.249 e.